The number of nitriles is 1. The Hall–Kier alpha value is -4.31. The molecule has 2 atom stereocenters. The lowest BCUT2D eigenvalue weighted by molar-refractivity contribution is -0.119. The first-order valence-corrected chi connectivity index (χ1v) is 11.8. The Kier molecular flexibility index (Phi) is 7.25. The summed E-state index contributed by atoms with van der Waals surface area (Å²) in [6.45, 7) is 6.15. The normalized spacial score (nSPS) is 17.2. The summed E-state index contributed by atoms with van der Waals surface area (Å²) in [7, 11) is 0. The van der Waals surface area contributed by atoms with Gasteiger partial charge in [0.15, 0.2) is 0 Å². The topological polar surface area (TPSA) is 91.7 Å². The number of ether oxygens (including phenoxy) is 2. The lowest BCUT2D eigenvalue weighted by Crippen LogP contribution is -2.36. The molecule has 184 valence electrons. The van der Waals surface area contributed by atoms with Crippen molar-refractivity contribution < 1.29 is 19.1 Å². The molecule has 3 aromatic carbocycles. The molecule has 0 spiro atoms. The number of likely N-dealkylation sites (tertiary alicyclic amines) is 1. The molecular formula is C29H29N3O4. The number of carbonyl (C=O) groups is 2. The van der Waals surface area contributed by atoms with Gasteiger partial charge in [-0.25, -0.2) is 4.79 Å². The minimum absolute atomic E-state index is 0.156. The fourth-order valence-electron chi connectivity index (χ4n) is 4.19. The lowest BCUT2D eigenvalue weighted by atomic mass is 9.88. The fraction of sp³-hybridized carbons (Fsp3) is 0.276. The highest BCUT2D eigenvalue weighted by atomic mass is 16.6. The van der Waals surface area contributed by atoms with Crippen LogP contribution in [0.4, 0.5) is 10.5 Å². The number of rotatable bonds is 5. The minimum atomic E-state index is -0.616. The van der Waals surface area contributed by atoms with Crippen LogP contribution in [0.15, 0.2) is 78.9 Å². The van der Waals surface area contributed by atoms with E-state index in [1.807, 2.05) is 51.1 Å². The largest absolute Gasteiger partial charge is 0.457 e. The van der Waals surface area contributed by atoms with Crippen LogP contribution in [0, 0.1) is 17.2 Å². The first-order chi connectivity index (χ1) is 17.2. The number of carbonyl (C=O) groups excluding carboxylic acids is 2. The Balaban J connectivity index is 1.49. The maximum Gasteiger partial charge on any atom is 0.410 e. The van der Waals surface area contributed by atoms with Crippen molar-refractivity contribution in [2.75, 3.05) is 18.4 Å². The smallest absolute Gasteiger partial charge is 0.410 e. The van der Waals surface area contributed by atoms with E-state index in [0.717, 1.165) is 5.56 Å². The second-order valence-corrected chi connectivity index (χ2v) is 9.76. The molecule has 7 heteroatoms. The SMILES string of the molecule is CC(C)(C)OC(=O)N1C[C@@H](C(=O)Nc2cccc(Oc3ccc(C#N)cc3)c2)[C@H](c2ccccc2)C1. The highest BCUT2D eigenvalue weighted by Gasteiger charge is 2.41. The van der Waals surface area contributed by atoms with E-state index in [4.69, 9.17) is 14.7 Å². The quantitative estimate of drug-likeness (QED) is 0.485. The third kappa shape index (κ3) is 6.22. The minimum Gasteiger partial charge on any atom is -0.457 e. The van der Waals surface area contributed by atoms with Gasteiger partial charge in [0.1, 0.15) is 17.1 Å². The van der Waals surface area contributed by atoms with E-state index >= 15 is 0 Å². The number of hydrogen-bond acceptors (Lipinski definition) is 5. The van der Waals surface area contributed by atoms with E-state index in [1.54, 1.807) is 53.4 Å². The maximum atomic E-state index is 13.4. The summed E-state index contributed by atoms with van der Waals surface area (Å²) in [5, 5.41) is 12.0. The average Bonchev–Trinajstić information content (AvgIpc) is 3.30. The molecule has 2 amide bonds. The maximum absolute atomic E-state index is 13.4. The van der Waals surface area contributed by atoms with Crippen LogP contribution in [0.25, 0.3) is 0 Å². The molecule has 1 heterocycles. The average molecular weight is 484 g/mol. The van der Waals surface area contributed by atoms with Gasteiger partial charge >= 0.3 is 6.09 Å². The predicted molar refractivity (Wildman–Crippen MR) is 137 cm³/mol. The predicted octanol–water partition coefficient (Wildman–Crippen LogP) is 5.94. The van der Waals surface area contributed by atoms with Gasteiger partial charge in [-0.05, 0) is 62.7 Å². The van der Waals surface area contributed by atoms with Gasteiger partial charge in [0.05, 0.1) is 17.6 Å². The van der Waals surface area contributed by atoms with Crippen LogP contribution in [-0.2, 0) is 9.53 Å². The molecule has 0 aliphatic carbocycles. The highest BCUT2D eigenvalue weighted by molar-refractivity contribution is 5.94. The van der Waals surface area contributed by atoms with Crippen molar-refractivity contribution in [1.82, 2.24) is 4.90 Å². The van der Waals surface area contributed by atoms with Gasteiger partial charge in [-0.1, -0.05) is 36.4 Å². The zero-order valence-electron chi connectivity index (χ0n) is 20.6. The number of nitrogens with zero attached hydrogens (tertiary/aromatic N) is 2. The molecule has 7 nitrogen and oxygen atoms in total. The molecule has 0 radical (unpaired) electrons. The highest BCUT2D eigenvalue weighted by Crippen LogP contribution is 2.35. The molecule has 3 aromatic rings. The zero-order valence-corrected chi connectivity index (χ0v) is 20.6. The van der Waals surface area contributed by atoms with Crippen LogP contribution in [0.5, 0.6) is 11.5 Å². The van der Waals surface area contributed by atoms with Crippen LogP contribution >= 0.6 is 0 Å². The lowest BCUT2D eigenvalue weighted by Gasteiger charge is -2.24. The van der Waals surface area contributed by atoms with Crippen molar-refractivity contribution in [3.05, 3.63) is 90.0 Å². The van der Waals surface area contributed by atoms with E-state index in [-0.39, 0.29) is 18.4 Å². The first kappa shape index (κ1) is 24.8. The van der Waals surface area contributed by atoms with Gasteiger partial charge in [-0.15, -0.1) is 0 Å². The standard InChI is InChI=1S/C29H29N3O4/c1-29(2,3)36-28(34)32-18-25(21-8-5-4-6-9-21)26(19-32)27(33)31-22-10-7-11-24(16-22)35-23-14-12-20(17-30)13-15-23/h4-16,25-26H,18-19H2,1-3H3,(H,31,33)/t25-,26+/m0/s1. The van der Waals surface area contributed by atoms with Gasteiger partial charge in [0, 0.05) is 30.8 Å². The Labute approximate surface area is 211 Å². The van der Waals surface area contributed by atoms with Crippen molar-refractivity contribution in [3.8, 4) is 17.6 Å². The summed E-state index contributed by atoms with van der Waals surface area (Å²) >= 11 is 0. The summed E-state index contributed by atoms with van der Waals surface area (Å²) in [5.74, 6) is 0.370. The van der Waals surface area contributed by atoms with E-state index in [9.17, 15) is 9.59 Å². The van der Waals surface area contributed by atoms with Crippen LogP contribution in [0.3, 0.4) is 0 Å². The van der Waals surface area contributed by atoms with Crippen LogP contribution < -0.4 is 10.1 Å². The molecule has 1 aliphatic heterocycles. The van der Waals surface area contributed by atoms with E-state index in [0.29, 0.717) is 29.3 Å². The number of hydrogen-bond donors (Lipinski definition) is 1. The molecular weight excluding hydrogens is 454 g/mol. The fourth-order valence-corrected chi connectivity index (χ4v) is 4.19. The summed E-state index contributed by atoms with van der Waals surface area (Å²) in [6, 6.07) is 25.8. The first-order valence-electron chi connectivity index (χ1n) is 11.8. The molecule has 1 saturated heterocycles. The second kappa shape index (κ2) is 10.5. The van der Waals surface area contributed by atoms with E-state index in [1.165, 1.54) is 0 Å². The molecule has 0 saturated carbocycles. The Bertz CT molecular complexity index is 1260. The second-order valence-electron chi connectivity index (χ2n) is 9.76. The van der Waals surface area contributed by atoms with E-state index in [2.05, 4.69) is 11.4 Å². The van der Waals surface area contributed by atoms with Crippen molar-refractivity contribution >= 4 is 17.7 Å². The molecule has 4 rings (SSSR count). The van der Waals surface area contributed by atoms with Crippen molar-refractivity contribution in [3.63, 3.8) is 0 Å². The molecule has 36 heavy (non-hydrogen) atoms. The monoisotopic (exact) mass is 483 g/mol. The van der Waals surface area contributed by atoms with Gasteiger partial charge in [0.2, 0.25) is 5.91 Å². The number of anilines is 1. The third-order valence-electron chi connectivity index (χ3n) is 5.86. The number of nitrogens with one attached hydrogen (secondary N) is 1. The van der Waals surface area contributed by atoms with Crippen LogP contribution in [-0.4, -0.2) is 35.6 Å². The van der Waals surface area contributed by atoms with E-state index < -0.39 is 17.6 Å². The molecule has 0 bridgehead atoms. The summed E-state index contributed by atoms with van der Waals surface area (Å²) < 4.78 is 11.4. The van der Waals surface area contributed by atoms with Crippen molar-refractivity contribution in [1.29, 1.82) is 5.26 Å². The summed E-state index contributed by atoms with van der Waals surface area (Å²) in [6.07, 6.45) is -0.420. The van der Waals surface area contributed by atoms with Crippen LogP contribution in [0.1, 0.15) is 37.8 Å². The number of amides is 2. The van der Waals surface area contributed by atoms with Crippen LogP contribution in [0.2, 0.25) is 0 Å². The Morgan fingerprint density at radius 3 is 2.33 bits per heavy atom. The molecule has 0 aromatic heterocycles. The Morgan fingerprint density at radius 2 is 1.67 bits per heavy atom. The van der Waals surface area contributed by atoms with Crippen molar-refractivity contribution in [2.24, 2.45) is 5.92 Å². The molecule has 1 N–H and O–H groups in total. The molecule has 1 aliphatic rings. The zero-order chi connectivity index (χ0) is 25.7. The van der Waals surface area contributed by atoms with Gasteiger partial charge in [0.25, 0.3) is 0 Å². The van der Waals surface area contributed by atoms with Gasteiger partial charge in [-0.3, -0.25) is 4.79 Å². The molecule has 0 unspecified atom stereocenters. The van der Waals surface area contributed by atoms with Gasteiger partial charge in [-0.2, -0.15) is 5.26 Å². The molecule has 1 fully saturated rings. The Morgan fingerprint density at radius 1 is 0.944 bits per heavy atom. The number of benzene rings is 3. The van der Waals surface area contributed by atoms with Gasteiger partial charge < -0.3 is 19.7 Å². The third-order valence-corrected chi connectivity index (χ3v) is 5.86. The van der Waals surface area contributed by atoms with Crippen molar-refractivity contribution in [2.45, 2.75) is 32.3 Å². The summed E-state index contributed by atoms with van der Waals surface area (Å²) in [5.41, 5.74) is 1.53. The summed E-state index contributed by atoms with van der Waals surface area (Å²) in [4.78, 5) is 27.8.